The van der Waals surface area contributed by atoms with Crippen LogP contribution in [0.15, 0.2) is 42.5 Å². The molecule has 3 rings (SSSR count). The number of rotatable bonds is 2. The van der Waals surface area contributed by atoms with E-state index in [9.17, 15) is 4.79 Å². The fraction of sp³-hybridized carbons (Fsp3) is 0.235. The van der Waals surface area contributed by atoms with Crippen molar-refractivity contribution in [2.24, 2.45) is 0 Å². The van der Waals surface area contributed by atoms with Crippen molar-refractivity contribution in [1.82, 2.24) is 0 Å². The van der Waals surface area contributed by atoms with Gasteiger partial charge >= 0.3 is 0 Å². The van der Waals surface area contributed by atoms with Gasteiger partial charge in [0.25, 0.3) is 0 Å². The van der Waals surface area contributed by atoms with Crippen LogP contribution in [0.4, 0.5) is 0 Å². The second-order valence-electron chi connectivity index (χ2n) is 5.08. The lowest BCUT2D eigenvalue weighted by Crippen LogP contribution is -2.04. The third-order valence-electron chi connectivity index (χ3n) is 3.93. The lowest BCUT2D eigenvalue weighted by Gasteiger charge is -2.10. The molecule has 0 radical (unpaired) electrons. The van der Waals surface area contributed by atoms with Crippen LogP contribution in [-0.4, -0.2) is 5.78 Å². The molecule has 1 aliphatic carbocycles. The van der Waals surface area contributed by atoms with E-state index in [1.54, 1.807) is 6.92 Å². The molecular formula is C17H16O. The Bertz CT molecular complexity index is 625. The molecule has 0 spiro atoms. The van der Waals surface area contributed by atoms with Gasteiger partial charge in [-0.3, -0.25) is 4.79 Å². The van der Waals surface area contributed by atoms with Gasteiger partial charge in [-0.05, 0) is 41.2 Å². The van der Waals surface area contributed by atoms with Crippen LogP contribution in [0.1, 0.15) is 36.5 Å². The van der Waals surface area contributed by atoms with E-state index < -0.39 is 0 Å². The summed E-state index contributed by atoms with van der Waals surface area (Å²) in [7, 11) is 0. The summed E-state index contributed by atoms with van der Waals surface area (Å²) < 4.78 is 0. The maximum Gasteiger partial charge on any atom is 0.136 e. The Hall–Kier alpha value is -1.89. The largest absolute Gasteiger partial charge is 0.299 e. The molecule has 0 heterocycles. The molecule has 2 aromatic carbocycles. The van der Waals surface area contributed by atoms with Gasteiger partial charge in [0.2, 0.25) is 0 Å². The molecule has 1 atom stereocenters. The smallest absolute Gasteiger partial charge is 0.136 e. The number of Topliss-reactive ketones (excluding diaryl/α,β-unsaturated/α-hetero) is 1. The zero-order chi connectivity index (χ0) is 12.7. The first-order valence-corrected chi connectivity index (χ1v) is 6.38. The van der Waals surface area contributed by atoms with E-state index in [2.05, 4.69) is 42.5 Å². The first-order valence-electron chi connectivity index (χ1n) is 6.38. The van der Waals surface area contributed by atoms with E-state index in [0.29, 0.717) is 0 Å². The van der Waals surface area contributed by atoms with E-state index in [0.717, 1.165) is 12.0 Å². The summed E-state index contributed by atoms with van der Waals surface area (Å²) in [5.74, 6) is 0.226. The van der Waals surface area contributed by atoms with Crippen molar-refractivity contribution in [2.45, 2.75) is 26.2 Å². The average molecular weight is 236 g/mol. The maximum absolute atomic E-state index is 11.5. The zero-order valence-corrected chi connectivity index (χ0v) is 10.7. The number of carbonyl (C=O) groups is 1. The van der Waals surface area contributed by atoms with Crippen LogP contribution in [0.25, 0.3) is 11.1 Å². The number of hydrogen-bond donors (Lipinski definition) is 0. The molecule has 18 heavy (non-hydrogen) atoms. The first kappa shape index (κ1) is 11.2. The van der Waals surface area contributed by atoms with Gasteiger partial charge in [0.15, 0.2) is 0 Å². The summed E-state index contributed by atoms with van der Waals surface area (Å²) in [6.45, 7) is 3.64. The molecule has 0 saturated carbocycles. The highest BCUT2D eigenvalue weighted by Crippen LogP contribution is 2.37. The number of ketones is 1. The Balaban J connectivity index is 2.06. The zero-order valence-electron chi connectivity index (χ0n) is 10.7. The summed E-state index contributed by atoms with van der Waals surface area (Å²) in [5.41, 5.74) is 6.54. The van der Waals surface area contributed by atoms with Crippen LogP contribution in [0.2, 0.25) is 0 Å². The third kappa shape index (κ3) is 1.67. The summed E-state index contributed by atoms with van der Waals surface area (Å²) in [6, 6.07) is 15.0. The molecule has 2 aromatic rings. The highest BCUT2D eigenvalue weighted by molar-refractivity contribution is 5.84. The molecule has 1 nitrogen and oxygen atoms in total. The highest BCUT2D eigenvalue weighted by Gasteiger charge is 2.19. The van der Waals surface area contributed by atoms with Crippen molar-refractivity contribution in [2.75, 3.05) is 0 Å². The highest BCUT2D eigenvalue weighted by atomic mass is 16.1. The molecule has 0 amide bonds. The minimum atomic E-state index is -0.000915. The maximum atomic E-state index is 11.5. The topological polar surface area (TPSA) is 17.1 Å². The fourth-order valence-corrected chi connectivity index (χ4v) is 2.67. The predicted octanol–water partition coefficient (Wildman–Crippen LogP) is 3.95. The molecule has 0 aromatic heterocycles. The van der Waals surface area contributed by atoms with Gasteiger partial charge in [-0.2, -0.15) is 0 Å². The average Bonchev–Trinajstić information content (AvgIpc) is 2.75. The Morgan fingerprint density at radius 1 is 1.06 bits per heavy atom. The lowest BCUT2D eigenvalue weighted by molar-refractivity contribution is -0.118. The monoisotopic (exact) mass is 236 g/mol. The minimum Gasteiger partial charge on any atom is -0.299 e. The van der Waals surface area contributed by atoms with Crippen molar-refractivity contribution >= 4 is 5.78 Å². The predicted molar refractivity (Wildman–Crippen MR) is 73.8 cm³/mol. The Morgan fingerprint density at radius 2 is 1.78 bits per heavy atom. The molecular weight excluding hydrogens is 220 g/mol. The normalized spacial score (nSPS) is 13.9. The van der Waals surface area contributed by atoms with Crippen LogP contribution >= 0.6 is 0 Å². The van der Waals surface area contributed by atoms with E-state index in [4.69, 9.17) is 0 Å². The van der Waals surface area contributed by atoms with Crippen LogP contribution in [0, 0.1) is 0 Å². The van der Waals surface area contributed by atoms with Crippen molar-refractivity contribution in [3.8, 4) is 11.1 Å². The summed E-state index contributed by atoms with van der Waals surface area (Å²) >= 11 is 0. The van der Waals surface area contributed by atoms with Gasteiger partial charge in [-0.25, -0.2) is 0 Å². The van der Waals surface area contributed by atoms with E-state index in [1.165, 1.54) is 22.3 Å². The quantitative estimate of drug-likeness (QED) is 0.658. The SMILES string of the molecule is CC(=O)C(C)c1ccc2c(c1)Cc1ccccc1-2. The van der Waals surface area contributed by atoms with Crippen LogP contribution in [0.3, 0.4) is 0 Å². The van der Waals surface area contributed by atoms with Crippen molar-refractivity contribution in [1.29, 1.82) is 0 Å². The summed E-state index contributed by atoms with van der Waals surface area (Å²) in [6.07, 6.45) is 0.990. The minimum absolute atomic E-state index is 0.000915. The molecule has 0 fully saturated rings. The third-order valence-corrected chi connectivity index (χ3v) is 3.93. The Morgan fingerprint density at radius 3 is 2.56 bits per heavy atom. The second-order valence-corrected chi connectivity index (χ2v) is 5.08. The summed E-state index contributed by atoms with van der Waals surface area (Å²) in [4.78, 5) is 11.5. The van der Waals surface area contributed by atoms with Crippen molar-refractivity contribution in [3.05, 3.63) is 59.2 Å². The first-order chi connectivity index (χ1) is 8.66. The number of carbonyl (C=O) groups excluding carboxylic acids is 1. The van der Waals surface area contributed by atoms with Crippen molar-refractivity contribution < 1.29 is 4.79 Å². The molecule has 1 aliphatic rings. The van der Waals surface area contributed by atoms with E-state index in [1.807, 2.05) is 6.92 Å². The van der Waals surface area contributed by atoms with E-state index in [-0.39, 0.29) is 11.7 Å². The number of benzene rings is 2. The number of hydrogen-bond acceptors (Lipinski definition) is 1. The van der Waals surface area contributed by atoms with Gasteiger partial charge in [-0.1, -0.05) is 49.4 Å². The van der Waals surface area contributed by atoms with Gasteiger partial charge in [0, 0.05) is 5.92 Å². The van der Waals surface area contributed by atoms with Gasteiger partial charge < -0.3 is 0 Å². The number of fused-ring (bicyclic) bond motifs is 3. The standard InChI is InChI=1S/C17H16O/c1-11(12(2)18)13-7-8-17-15(9-13)10-14-5-3-4-6-16(14)17/h3-9,11H,10H2,1-2H3. The van der Waals surface area contributed by atoms with Gasteiger partial charge in [-0.15, -0.1) is 0 Å². The molecule has 0 saturated heterocycles. The Labute approximate surface area is 107 Å². The van der Waals surface area contributed by atoms with Crippen LogP contribution in [0.5, 0.6) is 0 Å². The molecule has 1 unspecified atom stereocenters. The summed E-state index contributed by atoms with van der Waals surface area (Å²) in [5, 5.41) is 0. The molecule has 0 N–H and O–H groups in total. The second kappa shape index (κ2) is 4.09. The van der Waals surface area contributed by atoms with Gasteiger partial charge in [0.1, 0.15) is 5.78 Å². The lowest BCUT2D eigenvalue weighted by atomic mass is 9.94. The van der Waals surface area contributed by atoms with Crippen molar-refractivity contribution in [3.63, 3.8) is 0 Å². The molecule has 0 aliphatic heterocycles. The van der Waals surface area contributed by atoms with Crippen LogP contribution < -0.4 is 0 Å². The van der Waals surface area contributed by atoms with Gasteiger partial charge in [0.05, 0.1) is 0 Å². The van der Waals surface area contributed by atoms with E-state index >= 15 is 0 Å². The van der Waals surface area contributed by atoms with Crippen LogP contribution in [-0.2, 0) is 11.2 Å². The Kier molecular flexibility index (Phi) is 2.55. The fourth-order valence-electron chi connectivity index (χ4n) is 2.67. The molecule has 90 valence electrons. The molecule has 0 bridgehead atoms. The molecule has 1 heteroatoms.